The third-order valence-corrected chi connectivity index (χ3v) is 5.86. The molecule has 1 N–H and O–H groups in total. The van der Waals surface area contributed by atoms with Crippen LogP contribution in [-0.4, -0.2) is 34.2 Å². The number of halogens is 3. The van der Waals surface area contributed by atoms with Crippen molar-refractivity contribution in [3.05, 3.63) is 69.7 Å². The summed E-state index contributed by atoms with van der Waals surface area (Å²) in [6, 6.07) is 13.3. The molecule has 3 unspecified atom stereocenters. The molecule has 1 aliphatic heterocycles. The number of carbonyl (C=O) groups is 3. The lowest BCUT2D eigenvalue weighted by Gasteiger charge is -2.29. The fraction of sp³-hybridized carbons (Fsp3) is 0.273. The first kappa shape index (κ1) is 22.7. The lowest BCUT2D eigenvalue weighted by atomic mass is 9.86. The number of carbonyl (C=O) groups excluding carboxylic acids is 3. The fourth-order valence-corrected chi connectivity index (χ4v) is 3.73. The monoisotopic (exact) mass is 508 g/mol. The van der Waals surface area contributed by atoms with Gasteiger partial charge in [-0.1, -0.05) is 51.3 Å². The van der Waals surface area contributed by atoms with Gasteiger partial charge in [-0.25, -0.2) is 0 Å². The lowest BCUT2D eigenvalue weighted by molar-refractivity contribution is -0.121. The van der Waals surface area contributed by atoms with Crippen molar-refractivity contribution in [1.29, 1.82) is 0 Å². The predicted octanol–water partition coefficient (Wildman–Crippen LogP) is 5.14. The van der Waals surface area contributed by atoms with Crippen molar-refractivity contribution >= 4 is 62.3 Å². The van der Waals surface area contributed by atoms with Crippen LogP contribution in [0.1, 0.15) is 40.5 Å². The Balaban J connectivity index is 1.92. The van der Waals surface area contributed by atoms with Crippen LogP contribution in [-0.2, 0) is 4.79 Å². The summed E-state index contributed by atoms with van der Waals surface area (Å²) >= 11 is 15.3. The second kappa shape index (κ2) is 9.86. The Morgan fingerprint density at radius 2 is 1.77 bits per heavy atom. The second-order valence-electron chi connectivity index (χ2n) is 6.97. The SMILES string of the molecule is CC(Br)C(=O)NC1N=C(C(=O)c2ccc(Cl)cc2)CCC1C(=O)c1ccccc1Cl. The Labute approximate surface area is 193 Å². The van der Waals surface area contributed by atoms with Gasteiger partial charge in [0.05, 0.1) is 21.5 Å². The molecule has 8 heteroatoms. The van der Waals surface area contributed by atoms with E-state index in [1.54, 1.807) is 55.5 Å². The molecule has 2 aromatic rings. The van der Waals surface area contributed by atoms with Crippen LogP contribution in [0.3, 0.4) is 0 Å². The van der Waals surface area contributed by atoms with Crippen molar-refractivity contribution < 1.29 is 14.4 Å². The van der Waals surface area contributed by atoms with Crippen molar-refractivity contribution in [2.75, 3.05) is 0 Å². The van der Waals surface area contributed by atoms with E-state index >= 15 is 0 Å². The third-order valence-electron chi connectivity index (χ3n) is 4.86. The van der Waals surface area contributed by atoms with Crippen LogP contribution in [0.25, 0.3) is 0 Å². The first-order valence-corrected chi connectivity index (χ1v) is 11.0. The van der Waals surface area contributed by atoms with Crippen molar-refractivity contribution in [3.63, 3.8) is 0 Å². The standard InChI is InChI=1S/C22H19BrCl2N2O3/c1-12(23)22(30)27-21-16(20(29)15-4-2-3-5-17(15)25)10-11-18(26-21)19(28)13-6-8-14(24)9-7-13/h2-9,12,16,21H,10-11H2,1H3,(H,27,30). The van der Waals surface area contributed by atoms with Gasteiger partial charge in [0.25, 0.3) is 0 Å². The van der Waals surface area contributed by atoms with Crippen molar-refractivity contribution in [2.24, 2.45) is 10.9 Å². The molecule has 0 fully saturated rings. The van der Waals surface area contributed by atoms with Gasteiger partial charge in [0.2, 0.25) is 11.7 Å². The number of amides is 1. The number of nitrogens with one attached hydrogen (secondary N) is 1. The highest BCUT2D eigenvalue weighted by Gasteiger charge is 2.36. The second-order valence-corrected chi connectivity index (χ2v) is 9.19. The van der Waals surface area contributed by atoms with Crippen LogP contribution in [0.2, 0.25) is 10.0 Å². The molecule has 0 saturated carbocycles. The third kappa shape index (κ3) is 5.17. The molecule has 0 saturated heterocycles. The van der Waals surface area contributed by atoms with E-state index < -0.39 is 16.9 Å². The number of hydrogen-bond donors (Lipinski definition) is 1. The molecule has 0 spiro atoms. The summed E-state index contributed by atoms with van der Waals surface area (Å²) in [4.78, 5) is 42.3. The Kier molecular flexibility index (Phi) is 7.45. The molecular weight excluding hydrogens is 491 g/mol. The van der Waals surface area contributed by atoms with Gasteiger partial charge in [-0.2, -0.15) is 0 Å². The zero-order valence-corrected chi connectivity index (χ0v) is 19.2. The Bertz CT molecular complexity index is 1010. The summed E-state index contributed by atoms with van der Waals surface area (Å²) in [5.41, 5.74) is 1.14. The van der Waals surface area contributed by atoms with Gasteiger partial charge in [0.1, 0.15) is 6.17 Å². The summed E-state index contributed by atoms with van der Waals surface area (Å²) < 4.78 is 0. The van der Waals surface area contributed by atoms with E-state index in [1.165, 1.54) is 0 Å². The number of alkyl halides is 1. The van der Waals surface area contributed by atoms with Crippen molar-refractivity contribution in [1.82, 2.24) is 5.32 Å². The molecule has 0 aromatic heterocycles. The predicted molar refractivity (Wildman–Crippen MR) is 122 cm³/mol. The summed E-state index contributed by atoms with van der Waals surface area (Å²) in [6.07, 6.45) is -0.177. The molecule has 0 aliphatic carbocycles. The van der Waals surface area contributed by atoms with Crippen LogP contribution in [0, 0.1) is 5.92 Å². The van der Waals surface area contributed by atoms with Gasteiger partial charge in [-0.15, -0.1) is 0 Å². The molecule has 1 amide bonds. The van der Waals surface area contributed by atoms with Crippen LogP contribution in [0.15, 0.2) is 53.5 Å². The summed E-state index contributed by atoms with van der Waals surface area (Å²) in [5, 5.41) is 3.64. The number of benzene rings is 2. The number of aliphatic imine (C=N–C) groups is 1. The van der Waals surface area contributed by atoms with E-state index in [0.29, 0.717) is 39.7 Å². The number of nitrogens with zero attached hydrogens (tertiary/aromatic N) is 1. The maximum absolute atomic E-state index is 13.1. The molecule has 1 aliphatic rings. The van der Waals surface area contributed by atoms with Gasteiger partial charge in [-0.05, 0) is 56.2 Å². The summed E-state index contributed by atoms with van der Waals surface area (Å²) in [5.74, 6) is -1.40. The Morgan fingerprint density at radius 1 is 1.10 bits per heavy atom. The van der Waals surface area contributed by atoms with E-state index in [2.05, 4.69) is 26.2 Å². The van der Waals surface area contributed by atoms with E-state index in [9.17, 15) is 14.4 Å². The zero-order valence-electron chi connectivity index (χ0n) is 16.1. The molecule has 30 heavy (non-hydrogen) atoms. The van der Waals surface area contributed by atoms with Gasteiger partial charge in [0, 0.05) is 16.1 Å². The Morgan fingerprint density at radius 3 is 2.40 bits per heavy atom. The maximum atomic E-state index is 13.1. The van der Waals surface area contributed by atoms with Gasteiger partial charge in [-0.3, -0.25) is 19.4 Å². The first-order valence-electron chi connectivity index (χ1n) is 9.38. The van der Waals surface area contributed by atoms with E-state index in [-0.39, 0.29) is 17.5 Å². The molecule has 156 valence electrons. The van der Waals surface area contributed by atoms with Crippen LogP contribution >= 0.6 is 39.1 Å². The van der Waals surface area contributed by atoms with Gasteiger partial charge in [0.15, 0.2) is 5.78 Å². The minimum Gasteiger partial charge on any atom is -0.333 e. The summed E-state index contributed by atoms with van der Waals surface area (Å²) in [6.45, 7) is 1.67. The molecule has 0 radical (unpaired) electrons. The highest BCUT2D eigenvalue weighted by Crippen LogP contribution is 2.28. The van der Waals surface area contributed by atoms with Crippen LogP contribution in [0.4, 0.5) is 0 Å². The van der Waals surface area contributed by atoms with E-state index in [0.717, 1.165) is 0 Å². The molecular formula is C22H19BrCl2N2O3. The normalized spacial score (nSPS) is 19.5. The number of hydrogen-bond acceptors (Lipinski definition) is 4. The largest absolute Gasteiger partial charge is 0.333 e. The smallest absolute Gasteiger partial charge is 0.235 e. The fourth-order valence-electron chi connectivity index (χ4n) is 3.24. The van der Waals surface area contributed by atoms with Gasteiger partial charge < -0.3 is 5.32 Å². The minimum atomic E-state index is -0.860. The summed E-state index contributed by atoms with van der Waals surface area (Å²) in [7, 11) is 0. The van der Waals surface area contributed by atoms with Crippen molar-refractivity contribution in [3.8, 4) is 0 Å². The minimum absolute atomic E-state index is 0.213. The topological polar surface area (TPSA) is 75.6 Å². The zero-order chi connectivity index (χ0) is 21.8. The number of rotatable bonds is 6. The highest BCUT2D eigenvalue weighted by molar-refractivity contribution is 9.10. The van der Waals surface area contributed by atoms with Crippen LogP contribution in [0.5, 0.6) is 0 Å². The quantitative estimate of drug-likeness (QED) is 0.433. The Hall–Kier alpha value is -2.02. The molecule has 3 rings (SSSR count). The molecule has 0 bridgehead atoms. The van der Waals surface area contributed by atoms with Gasteiger partial charge >= 0.3 is 0 Å². The highest BCUT2D eigenvalue weighted by atomic mass is 79.9. The maximum Gasteiger partial charge on any atom is 0.235 e. The molecule has 3 atom stereocenters. The van der Waals surface area contributed by atoms with Crippen LogP contribution < -0.4 is 5.32 Å². The molecule has 5 nitrogen and oxygen atoms in total. The molecule has 2 aromatic carbocycles. The molecule has 1 heterocycles. The average molecular weight is 510 g/mol. The number of ketones is 2. The van der Waals surface area contributed by atoms with E-state index in [4.69, 9.17) is 23.2 Å². The van der Waals surface area contributed by atoms with E-state index in [1.807, 2.05) is 0 Å². The van der Waals surface area contributed by atoms with Crippen molar-refractivity contribution in [2.45, 2.75) is 30.8 Å². The lowest BCUT2D eigenvalue weighted by Crippen LogP contribution is -2.47. The first-order chi connectivity index (χ1) is 14.3. The average Bonchev–Trinajstić information content (AvgIpc) is 2.73. The number of Topliss-reactive ketones (excluding diaryl/α,β-unsaturated/α-hetero) is 2.